The molecule has 3 aromatic rings. The number of anilines is 1. The minimum atomic E-state index is -0.0806. The first-order valence-electron chi connectivity index (χ1n) is 9.24. The van der Waals surface area contributed by atoms with Gasteiger partial charge in [-0.2, -0.15) is 0 Å². The fourth-order valence-electron chi connectivity index (χ4n) is 3.66. The summed E-state index contributed by atoms with van der Waals surface area (Å²) in [6, 6.07) is 11.5. The molecule has 0 spiro atoms. The lowest BCUT2D eigenvalue weighted by Crippen LogP contribution is -2.29. The maximum absolute atomic E-state index is 13.0. The zero-order chi connectivity index (χ0) is 18.8. The van der Waals surface area contributed by atoms with Crippen LogP contribution in [0.1, 0.15) is 19.3 Å². The van der Waals surface area contributed by atoms with Gasteiger partial charge in [0.05, 0.1) is 25.2 Å². The van der Waals surface area contributed by atoms with Crippen LogP contribution >= 0.6 is 0 Å². The van der Waals surface area contributed by atoms with E-state index in [9.17, 15) is 4.79 Å². The standard InChI is InChI=1S/C22H23NO4/c1-25-20-12-17-19(13-21(20)26-2)27-14-18(22(17)24)15-6-8-16(9-7-15)23-10-4-3-5-11-23/h6-9,12-14H,3-5,10-11H2,1-2H3. The van der Waals surface area contributed by atoms with E-state index in [0.717, 1.165) is 18.7 Å². The van der Waals surface area contributed by atoms with Gasteiger partial charge >= 0.3 is 0 Å². The van der Waals surface area contributed by atoms with Gasteiger partial charge in [-0.3, -0.25) is 4.79 Å². The SMILES string of the molecule is COc1cc2occ(-c3ccc(N4CCCCC4)cc3)c(=O)c2cc1OC. The van der Waals surface area contributed by atoms with Gasteiger partial charge in [0.1, 0.15) is 11.8 Å². The van der Waals surface area contributed by atoms with Gasteiger partial charge in [0.2, 0.25) is 5.43 Å². The van der Waals surface area contributed by atoms with E-state index in [1.54, 1.807) is 26.4 Å². The Morgan fingerprint density at radius 1 is 0.926 bits per heavy atom. The van der Waals surface area contributed by atoms with Crippen molar-refractivity contribution in [2.24, 2.45) is 0 Å². The number of methoxy groups -OCH3 is 2. The predicted molar refractivity (Wildman–Crippen MR) is 107 cm³/mol. The van der Waals surface area contributed by atoms with E-state index in [1.807, 2.05) is 12.1 Å². The molecule has 0 atom stereocenters. The molecule has 0 saturated carbocycles. The Labute approximate surface area is 158 Å². The van der Waals surface area contributed by atoms with Crippen LogP contribution in [0.25, 0.3) is 22.1 Å². The second kappa shape index (κ2) is 7.35. The molecule has 1 aromatic heterocycles. The third kappa shape index (κ3) is 3.25. The molecule has 0 radical (unpaired) electrons. The summed E-state index contributed by atoms with van der Waals surface area (Å²) in [5.74, 6) is 1.04. The van der Waals surface area contributed by atoms with Crippen LogP contribution in [0.4, 0.5) is 5.69 Å². The highest BCUT2D eigenvalue weighted by molar-refractivity contribution is 5.84. The molecule has 1 saturated heterocycles. The summed E-state index contributed by atoms with van der Waals surface area (Å²) in [6.07, 6.45) is 5.30. The molecular formula is C22H23NO4. The lowest BCUT2D eigenvalue weighted by Gasteiger charge is -2.28. The van der Waals surface area contributed by atoms with E-state index in [1.165, 1.54) is 31.2 Å². The second-order valence-electron chi connectivity index (χ2n) is 6.78. The molecule has 5 nitrogen and oxygen atoms in total. The highest BCUT2D eigenvalue weighted by Gasteiger charge is 2.15. The van der Waals surface area contributed by atoms with Crippen LogP contribution in [0, 0.1) is 0 Å². The third-order valence-electron chi connectivity index (χ3n) is 5.18. The van der Waals surface area contributed by atoms with Crippen LogP contribution in [0.5, 0.6) is 11.5 Å². The zero-order valence-electron chi connectivity index (χ0n) is 15.7. The molecule has 27 heavy (non-hydrogen) atoms. The van der Waals surface area contributed by atoms with Gasteiger partial charge in [-0.25, -0.2) is 0 Å². The summed E-state index contributed by atoms with van der Waals surface area (Å²) < 4.78 is 16.3. The fraction of sp³-hybridized carbons (Fsp3) is 0.318. The van der Waals surface area contributed by atoms with E-state index in [0.29, 0.717) is 28.0 Å². The monoisotopic (exact) mass is 365 g/mol. The lowest BCUT2D eigenvalue weighted by atomic mass is 10.0. The molecule has 0 bridgehead atoms. The van der Waals surface area contributed by atoms with Crippen molar-refractivity contribution in [2.45, 2.75) is 19.3 Å². The molecule has 0 N–H and O–H groups in total. The minimum Gasteiger partial charge on any atom is -0.493 e. The van der Waals surface area contributed by atoms with Crippen molar-refractivity contribution in [3.8, 4) is 22.6 Å². The first-order chi connectivity index (χ1) is 13.2. The second-order valence-corrected chi connectivity index (χ2v) is 6.78. The molecular weight excluding hydrogens is 342 g/mol. The first-order valence-corrected chi connectivity index (χ1v) is 9.24. The Bertz CT molecular complexity index is 1000. The summed E-state index contributed by atoms with van der Waals surface area (Å²) in [7, 11) is 3.11. The van der Waals surface area contributed by atoms with Gasteiger partial charge < -0.3 is 18.8 Å². The Morgan fingerprint density at radius 2 is 1.59 bits per heavy atom. The minimum absolute atomic E-state index is 0.0806. The first kappa shape index (κ1) is 17.5. The van der Waals surface area contributed by atoms with Crippen LogP contribution in [-0.4, -0.2) is 27.3 Å². The lowest BCUT2D eigenvalue weighted by molar-refractivity contribution is 0.355. The predicted octanol–water partition coefficient (Wildman–Crippen LogP) is 4.47. The number of benzene rings is 2. The molecule has 140 valence electrons. The molecule has 0 aliphatic carbocycles. The number of nitrogens with zero attached hydrogens (tertiary/aromatic N) is 1. The molecule has 1 aliphatic rings. The van der Waals surface area contributed by atoms with E-state index in [-0.39, 0.29) is 5.43 Å². The zero-order valence-corrected chi connectivity index (χ0v) is 15.7. The van der Waals surface area contributed by atoms with E-state index in [4.69, 9.17) is 13.9 Å². The van der Waals surface area contributed by atoms with Gasteiger partial charge in [0.15, 0.2) is 11.5 Å². The number of rotatable bonds is 4. The normalized spacial score (nSPS) is 14.4. The number of ether oxygens (including phenoxy) is 2. The summed E-state index contributed by atoms with van der Waals surface area (Å²) in [6.45, 7) is 2.19. The van der Waals surface area contributed by atoms with E-state index in [2.05, 4.69) is 17.0 Å². The number of piperidine rings is 1. The number of fused-ring (bicyclic) bond motifs is 1. The van der Waals surface area contributed by atoms with Crippen molar-refractivity contribution >= 4 is 16.7 Å². The van der Waals surface area contributed by atoms with Gasteiger partial charge in [0, 0.05) is 24.8 Å². The van der Waals surface area contributed by atoms with Crippen LogP contribution in [0.15, 0.2) is 51.9 Å². The molecule has 5 heteroatoms. The van der Waals surface area contributed by atoms with Crippen LogP contribution in [0.3, 0.4) is 0 Å². The highest BCUT2D eigenvalue weighted by atomic mass is 16.5. The molecule has 1 aliphatic heterocycles. The maximum Gasteiger partial charge on any atom is 0.200 e. The van der Waals surface area contributed by atoms with Crippen LogP contribution < -0.4 is 19.8 Å². The summed E-state index contributed by atoms with van der Waals surface area (Å²) >= 11 is 0. The van der Waals surface area contributed by atoms with Crippen LogP contribution in [-0.2, 0) is 0 Å². The molecule has 4 rings (SSSR count). The van der Waals surface area contributed by atoms with E-state index >= 15 is 0 Å². The molecule has 2 aromatic carbocycles. The molecule has 0 amide bonds. The Hall–Kier alpha value is -2.95. The Kier molecular flexibility index (Phi) is 4.75. The third-order valence-corrected chi connectivity index (χ3v) is 5.18. The summed E-state index contributed by atoms with van der Waals surface area (Å²) in [5.41, 5.74) is 2.99. The van der Waals surface area contributed by atoms with Crippen molar-refractivity contribution in [1.82, 2.24) is 0 Å². The molecule has 0 unspecified atom stereocenters. The Morgan fingerprint density at radius 3 is 2.26 bits per heavy atom. The largest absolute Gasteiger partial charge is 0.493 e. The quantitative estimate of drug-likeness (QED) is 0.683. The number of hydrogen-bond donors (Lipinski definition) is 0. The average Bonchev–Trinajstić information content (AvgIpc) is 2.74. The topological polar surface area (TPSA) is 51.9 Å². The Balaban J connectivity index is 1.73. The van der Waals surface area contributed by atoms with Crippen molar-refractivity contribution in [3.63, 3.8) is 0 Å². The van der Waals surface area contributed by atoms with Gasteiger partial charge in [-0.1, -0.05) is 12.1 Å². The summed E-state index contributed by atoms with van der Waals surface area (Å²) in [4.78, 5) is 15.4. The summed E-state index contributed by atoms with van der Waals surface area (Å²) in [5, 5.41) is 0.477. The fourth-order valence-corrected chi connectivity index (χ4v) is 3.66. The van der Waals surface area contributed by atoms with Crippen molar-refractivity contribution in [2.75, 3.05) is 32.2 Å². The average molecular weight is 365 g/mol. The van der Waals surface area contributed by atoms with Crippen molar-refractivity contribution < 1.29 is 13.9 Å². The van der Waals surface area contributed by atoms with Crippen molar-refractivity contribution in [1.29, 1.82) is 0 Å². The smallest absolute Gasteiger partial charge is 0.200 e. The molecule has 2 heterocycles. The highest BCUT2D eigenvalue weighted by Crippen LogP contribution is 2.32. The van der Waals surface area contributed by atoms with Gasteiger partial charge in [-0.05, 0) is 43.0 Å². The van der Waals surface area contributed by atoms with Gasteiger partial charge in [-0.15, -0.1) is 0 Å². The molecule has 1 fully saturated rings. The van der Waals surface area contributed by atoms with E-state index < -0.39 is 0 Å². The van der Waals surface area contributed by atoms with Gasteiger partial charge in [0.25, 0.3) is 0 Å². The maximum atomic E-state index is 13.0. The van der Waals surface area contributed by atoms with Crippen LogP contribution in [0.2, 0.25) is 0 Å². The van der Waals surface area contributed by atoms with Crippen molar-refractivity contribution in [3.05, 3.63) is 52.9 Å². The number of hydrogen-bond acceptors (Lipinski definition) is 5.